The van der Waals surface area contributed by atoms with Crippen LogP contribution >= 0.6 is 0 Å². The first kappa shape index (κ1) is 19.3. The molecule has 7 heteroatoms. The predicted octanol–water partition coefficient (Wildman–Crippen LogP) is 4.85. The molecule has 0 aliphatic heterocycles. The lowest BCUT2D eigenvalue weighted by Crippen LogP contribution is -2.12. The van der Waals surface area contributed by atoms with Crippen molar-refractivity contribution in [3.63, 3.8) is 0 Å². The molecule has 0 saturated heterocycles. The third kappa shape index (κ3) is 3.86. The van der Waals surface area contributed by atoms with Gasteiger partial charge in [-0.1, -0.05) is 30.3 Å². The fraction of sp³-hybridized carbons (Fsp3) is 0.0769. The average molecular weight is 432 g/mol. The van der Waals surface area contributed by atoms with Crippen LogP contribution in [0, 0.1) is 0 Å². The summed E-state index contributed by atoms with van der Waals surface area (Å²) in [5, 5.41) is 13.2. The van der Waals surface area contributed by atoms with Crippen LogP contribution in [-0.2, 0) is 13.1 Å². The maximum atomic E-state index is 4.64. The summed E-state index contributed by atoms with van der Waals surface area (Å²) in [5.41, 5.74) is 7.88. The van der Waals surface area contributed by atoms with Gasteiger partial charge in [0.05, 0.1) is 34.8 Å². The van der Waals surface area contributed by atoms with Crippen molar-refractivity contribution < 1.29 is 0 Å². The van der Waals surface area contributed by atoms with Gasteiger partial charge in [0.1, 0.15) is 5.69 Å². The quantitative estimate of drug-likeness (QED) is 0.350. The summed E-state index contributed by atoms with van der Waals surface area (Å²) in [5.74, 6) is 0. The van der Waals surface area contributed by atoms with Gasteiger partial charge in [-0.2, -0.15) is 5.10 Å². The molecule has 5 heterocycles. The maximum Gasteiger partial charge on any atom is 0.116 e. The first-order chi connectivity index (χ1) is 16.3. The van der Waals surface area contributed by atoms with Crippen molar-refractivity contribution in [3.05, 3.63) is 96.7 Å². The predicted molar refractivity (Wildman–Crippen MR) is 129 cm³/mol. The molecule has 5 aromatic heterocycles. The average Bonchev–Trinajstić information content (AvgIpc) is 3.48. The van der Waals surface area contributed by atoms with Crippen LogP contribution in [0.15, 0.2) is 85.6 Å². The van der Waals surface area contributed by atoms with Crippen LogP contribution in [0.5, 0.6) is 0 Å². The largest absolute Gasteiger partial charge is 0.352 e. The van der Waals surface area contributed by atoms with Crippen molar-refractivity contribution >= 4 is 21.8 Å². The zero-order chi connectivity index (χ0) is 22.0. The van der Waals surface area contributed by atoms with Gasteiger partial charge in [0.2, 0.25) is 0 Å². The second-order valence-corrected chi connectivity index (χ2v) is 8.00. The number of hydrogen-bond acceptors (Lipinski definition) is 5. The molecular formula is C26H21N7. The molecule has 0 bridgehead atoms. The number of fused-ring (bicyclic) bond motifs is 2. The Morgan fingerprint density at radius 1 is 0.788 bits per heavy atom. The fourth-order valence-corrected chi connectivity index (χ4v) is 4.05. The van der Waals surface area contributed by atoms with E-state index in [1.807, 2.05) is 36.9 Å². The van der Waals surface area contributed by atoms with Crippen molar-refractivity contribution in [2.24, 2.45) is 0 Å². The van der Waals surface area contributed by atoms with E-state index >= 15 is 0 Å². The summed E-state index contributed by atoms with van der Waals surface area (Å²) in [6, 6.07) is 18.6. The smallest absolute Gasteiger partial charge is 0.116 e. The second-order valence-electron chi connectivity index (χ2n) is 8.00. The zero-order valence-corrected chi connectivity index (χ0v) is 17.8. The molecular weight excluding hydrogens is 410 g/mol. The van der Waals surface area contributed by atoms with E-state index in [1.54, 1.807) is 6.20 Å². The number of rotatable bonds is 6. The first-order valence-corrected chi connectivity index (χ1v) is 10.8. The number of hydrogen-bond donors (Lipinski definition) is 3. The topological polar surface area (TPSA) is 95.2 Å². The molecule has 6 aromatic rings. The van der Waals surface area contributed by atoms with E-state index in [9.17, 15) is 0 Å². The molecule has 33 heavy (non-hydrogen) atoms. The minimum absolute atomic E-state index is 0.734. The van der Waals surface area contributed by atoms with Gasteiger partial charge >= 0.3 is 0 Å². The Bertz CT molecular complexity index is 1520. The van der Waals surface area contributed by atoms with Crippen LogP contribution in [0.4, 0.5) is 0 Å². The Balaban J connectivity index is 1.28. The molecule has 3 N–H and O–H groups in total. The van der Waals surface area contributed by atoms with Crippen molar-refractivity contribution in [3.8, 4) is 22.6 Å². The van der Waals surface area contributed by atoms with Gasteiger partial charge in [0.25, 0.3) is 0 Å². The summed E-state index contributed by atoms with van der Waals surface area (Å²) in [4.78, 5) is 16.7. The van der Waals surface area contributed by atoms with Gasteiger partial charge in [0, 0.05) is 48.0 Å². The molecule has 0 unspecified atom stereocenters. The number of aromatic nitrogens is 6. The van der Waals surface area contributed by atoms with Gasteiger partial charge in [-0.3, -0.25) is 20.1 Å². The number of nitrogens with zero attached hydrogens (tertiary/aromatic N) is 4. The third-order valence-corrected chi connectivity index (χ3v) is 5.72. The third-order valence-electron chi connectivity index (χ3n) is 5.72. The lowest BCUT2D eigenvalue weighted by atomic mass is 10.1. The van der Waals surface area contributed by atoms with Crippen LogP contribution in [-0.4, -0.2) is 30.1 Å². The van der Waals surface area contributed by atoms with Crippen molar-refractivity contribution in [2.45, 2.75) is 13.1 Å². The van der Waals surface area contributed by atoms with E-state index < -0.39 is 0 Å². The van der Waals surface area contributed by atoms with E-state index in [2.05, 4.69) is 77.9 Å². The standard InChI is InChI=1S/C26H21N7/c1-2-4-17(5-3-1)11-28-12-18-8-20(14-29-13-18)22-10-21-25(16-30-22)32-33-26(21)23-9-19-6-7-27-15-24(19)31-23/h1-10,13-16,28,31H,11-12H2,(H,32,33). The van der Waals surface area contributed by atoms with Gasteiger partial charge in [0.15, 0.2) is 0 Å². The molecule has 1 aromatic carbocycles. The number of H-pyrrole nitrogens is 2. The maximum absolute atomic E-state index is 4.64. The van der Waals surface area contributed by atoms with E-state index in [-0.39, 0.29) is 0 Å². The van der Waals surface area contributed by atoms with Gasteiger partial charge < -0.3 is 10.3 Å². The number of pyridine rings is 3. The highest BCUT2D eigenvalue weighted by molar-refractivity contribution is 5.96. The van der Waals surface area contributed by atoms with E-state index in [4.69, 9.17) is 0 Å². The molecule has 0 aliphatic carbocycles. The highest BCUT2D eigenvalue weighted by Gasteiger charge is 2.13. The van der Waals surface area contributed by atoms with Crippen LogP contribution < -0.4 is 5.32 Å². The molecule has 0 amide bonds. The SMILES string of the molecule is c1ccc(CNCc2cncc(-c3cc4c(-c5cc6ccncc6[nH]5)n[nH]c4cn3)c2)cc1. The normalized spacial score (nSPS) is 11.4. The molecule has 7 nitrogen and oxygen atoms in total. The molecule has 160 valence electrons. The Hall–Kier alpha value is -4.36. The molecule has 0 aliphatic rings. The summed E-state index contributed by atoms with van der Waals surface area (Å²) in [6.07, 6.45) is 9.18. The molecule has 0 saturated carbocycles. The molecule has 0 spiro atoms. The summed E-state index contributed by atoms with van der Waals surface area (Å²) >= 11 is 0. The van der Waals surface area contributed by atoms with Crippen LogP contribution in [0.25, 0.3) is 44.5 Å². The van der Waals surface area contributed by atoms with Crippen LogP contribution in [0.2, 0.25) is 0 Å². The molecule has 0 radical (unpaired) electrons. The summed E-state index contributed by atoms with van der Waals surface area (Å²) in [7, 11) is 0. The molecule has 0 fully saturated rings. The Morgan fingerprint density at radius 2 is 1.70 bits per heavy atom. The zero-order valence-electron chi connectivity index (χ0n) is 17.8. The highest BCUT2D eigenvalue weighted by Crippen LogP contribution is 2.30. The summed E-state index contributed by atoms with van der Waals surface area (Å²) < 4.78 is 0. The minimum atomic E-state index is 0.734. The lowest BCUT2D eigenvalue weighted by molar-refractivity contribution is 0.691. The van der Waals surface area contributed by atoms with Gasteiger partial charge in [-0.05, 0) is 35.4 Å². The van der Waals surface area contributed by atoms with E-state index in [1.165, 1.54) is 5.56 Å². The van der Waals surface area contributed by atoms with Crippen molar-refractivity contribution in [1.29, 1.82) is 0 Å². The second kappa shape index (κ2) is 8.29. The van der Waals surface area contributed by atoms with E-state index in [0.717, 1.165) is 63.1 Å². The minimum Gasteiger partial charge on any atom is -0.352 e. The Labute approximate surface area is 190 Å². The fourth-order valence-electron chi connectivity index (χ4n) is 4.05. The van der Waals surface area contributed by atoms with Crippen LogP contribution in [0.3, 0.4) is 0 Å². The monoisotopic (exact) mass is 431 g/mol. The Kier molecular flexibility index (Phi) is 4.86. The number of aromatic amines is 2. The van der Waals surface area contributed by atoms with Crippen LogP contribution in [0.1, 0.15) is 11.1 Å². The number of nitrogens with one attached hydrogen (secondary N) is 3. The molecule has 0 atom stereocenters. The highest BCUT2D eigenvalue weighted by atomic mass is 15.1. The van der Waals surface area contributed by atoms with Crippen molar-refractivity contribution in [1.82, 2.24) is 35.5 Å². The van der Waals surface area contributed by atoms with E-state index in [0.29, 0.717) is 0 Å². The van der Waals surface area contributed by atoms with Gasteiger partial charge in [-0.25, -0.2) is 0 Å². The van der Waals surface area contributed by atoms with Crippen molar-refractivity contribution in [2.75, 3.05) is 0 Å². The molecule has 6 rings (SSSR count). The lowest BCUT2D eigenvalue weighted by Gasteiger charge is -2.07. The first-order valence-electron chi connectivity index (χ1n) is 10.8. The number of benzene rings is 1. The Morgan fingerprint density at radius 3 is 2.61 bits per heavy atom. The summed E-state index contributed by atoms with van der Waals surface area (Å²) in [6.45, 7) is 1.55. The van der Waals surface area contributed by atoms with Gasteiger partial charge in [-0.15, -0.1) is 0 Å².